The van der Waals surface area contributed by atoms with Gasteiger partial charge in [-0.1, -0.05) is 176 Å². The average molecular weight is 960 g/mol. The average Bonchev–Trinajstić information content (AvgIpc) is 4.24. The number of nitrogens with zero attached hydrogens (tertiary/aromatic N) is 9. The molecule has 0 radical (unpaired) electrons. The topological polar surface area (TPSA) is 92.1 Å². The van der Waals surface area contributed by atoms with Gasteiger partial charge in [0.15, 0.2) is 29.1 Å². The van der Waals surface area contributed by atoms with Crippen molar-refractivity contribution in [3.63, 3.8) is 0 Å². The van der Waals surface area contributed by atoms with Gasteiger partial charge in [0.25, 0.3) is 0 Å². The second kappa shape index (κ2) is 17.1. The van der Waals surface area contributed by atoms with Gasteiger partial charge in [0.1, 0.15) is 0 Å². The van der Waals surface area contributed by atoms with Gasteiger partial charge in [0.05, 0.1) is 33.1 Å². The number of benzene rings is 10. The molecule has 0 saturated carbocycles. The molecule has 0 aliphatic heterocycles. The van der Waals surface area contributed by atoms with E-state index >= 15 is 0 Å². The lowest BCUT2D eigenvalue weighted by atomic mass is 10.1. The molecule has 75 heavy (non-hydrogen) atoms. The Bertz CT molecular complexity index is 4620. The molecule has 15 aromatic rings. The Morgan fingerprint density at radius 2 is 0.547 bits per heavy atom. The molecule has 0 aliphatic carbocycles. The Kier molecular flexibility index (Phi) is 9.67. The van der Waals surface area contributed by atoms with Crippen molar-refractivity contribution in [3.8, 4) is 74.3 Å². The molecule has 9 nitrogen and oxygen atoms in total. The van der Waals surface area contributed by atoms with Crippen LogP contribution in [0, 0.1) is 0 Å². The van der Waals surface area contributed by atoms with Crippen LogP contribution in [0.25, 0.3) is 140 Å². The van der Waals surface area contributed by atoms with E-state index in [-0.39, 0.29) is 0 Å². The molecule has 0 N–H and O–H groups in total. The van der Waals surface area contributed by atoms with Crippen molar-refractivity contribution in [1.29, 1.82) is 0 Å². The summed E-state index contributed by atoms with van der Waals surface area (Å²) in [5, 5.41) is 6.56. The van der Waals surface area contributed by atoms with Crippen molar-refractivity contribution in [2.45, 2.75) is 0 Å². The van der Waals surface area contributed by atoms with E-state index in [2.05, 4.69) is 184 Å². The lowest BCUT2D eigenvalue weighted by Gasteiger charge is -2.13. The molecule has 0 unspecified atom stereocenters. The van der Waals surface area contributed by atoms with Crippen molar-refractivity contribution < 1.29 is 0 Å². The van der Waals surface area contributed by atoms with Crippen LogP contribution in [0.3, 0.4) is 0 Å². The van der Waals surface area contributed by atoms with Crippen LogP contribution in [0.15, 0.2) is 249 Å². The molecule has 9 heteroatoms. The third kappa shape index (κ3) is 6.94. The highest BCUT2D eigenvalue weighted by molar-refractivity contribution is 6.24. The number of hydrogen-bond acceptors (Lipinski definition) is 6. The molecular formula is C66H41N9. The lowest BCUT2D eigenvalue weighted by molar-refractivity contribution is 0.953. The summed E-state index contributed by atoms with van der Waals surface area (Å²) < 4.78 is 6.92. The number of para-hydroxylation sites is 4. The van der Waals surface area contributed by atoms with E-state index in [9.17, 15) is 0 Å². The Labute approximate surface area is 430 Å². The number of fused-ring (bicyclic) bond motifs is 10. The minimum absolute atomic E-state index is 0.505. The predicted octanol–water partition coefficient (Wildman–Crippen LogP) is 15.7. The van der Waals surface area contributed by atoms with E-state index in [1.165, 1.54) is 0 Å². The van der Waals surface area contributed by atoms with Crippen LogP contribution < -0.4 is 0 Å². The standard InChI is InChI=1S/C66H41N9/c1-6-20-42(21-7-1)61-67-64(45-34-38-57-53(40-45)50-31-17-18-32-55(50)73(57)47-26-12-4-13-27-47)70-65(68-61)46-35-39-58-54(41-46)52-37-36-51-49-30-16-19-33-56(49)74(48-28-14-5-15-29-48)59(51)60(52)75(58)66-71-62(43-22-8-2-9-23-43)69-63(72-66)44-24-10-3-11-25-44/h1-41H. The van der Waals surface area contributed by atoms with Crippen LogP contribution in [0.5, 0.6) is 0 Å². The van der Waals surface area contributed by atoms with Crippen LogP contribution >= 0.6 is 0 Å². The van der Waals surface area contributed by atoms with E-state index in [1.807, 2.05) is 78.9 Å². The maximum Gasteiger partial charge on any atom is 0.238 e. The van der Waals surface area contributed by atoms with Crippen LogP contribution in [-0.4, -0.2) is 43.6 Å². The molecule has 0 atom stereocenters. The van der Waals surface area contributed by atoms with Crippen LogP contribution in [0.4, 0.5) is 0 Å². The van der Waals surface area contributed by atoms with Crippen molar-refractivity contribution >= 4 is 65.4 Å². The monoisotopic (exact) mass is 959 g/mol. The smallest absolute Gasteiger partial charge is 0.238 e. The molecule has 0 fully saturated rings. The second-order valence-corrected chi connectivity index (χ2v) is 18.7. The van der Waals surface area contributed by atoms with Crippen molar-refractivity contribution in [2.75, 3.05) is 0 Å². The summed E-state index contributed by atoms with van der Waals surface area (Å²) >= 11 is 0. The fraction of sp³-hybridized carbons (Fsp3) is 0. The molecule has 0 aliphatic rings. The molecule has 350 valence electrons. The van der Waals surface area contributed by atoms with E-state index in [1.54, 1.807) is 0 Å². The summed E-state index contributed by atoms with van der Waals surface area (Å²) in [6.45, 7) is 0. The minimum Gasteiger partial charge on any atom is -0.309 e. The highest BCUT2D eigenvalue weighted by Gasteiger charge is 2.25. The maximum absolute atomic E-state index is 5.36. The lowest BCUT2D eigenvalue weighted by Crippen LogP contribution is -2.07. The Hall–Kier alpha value is -10.4. The number of hydrogen-bond donors (Lipinski definition) is 0. The molecule has 5 heterocycles. The molecule has 0 amide bonds. The normalized spacial score (nSPS) is 11.7. The van der Waals surface area contributed by atoms with Crippen LogP contribution in [0.1, 0.15) is 0 Å². The summed E-state index contributed by atoms with van der Waals surface area (Å²) in [5.41, 5.74) is 12.9. The highest BCUT2D eigenvalue weighted by atomic mass is 15.2. The van der Waals surface area contributed by atoms with Crippen molar-refractivity contribution in [3.05, 3.63) is 249 Å². The first-order valence-corrected chi connectivity index (χ1v) is 25.0. The first-order chi connectivity index (χ1) is 37.2. The van der Waals surface area contributed by atoms with Gasteiger partial charge in [-0.2, -0.15) is 9.97 Å². The third-order valence-electron chi connectivity index (χ3n) is 14.3. The van der Waals surface area contributed by atoms with Gasteiger partial charge in [-0.3, -0.25) is 4.57 Å². The third-order valence-corrected chi connectivity index (χ3v) is 14.3. The van der Waals surface area contributed by atoms with Gasteiger partial charge in [-0.15, -0.1) is 0 Å². The zero-order valence-electron chi connectivity index (χ0n) is 40.2. The molecule has 5 aromatic heterocycles. The van der Waals surface area contributed by atoms with E-state index in [0.29, 0.717) is 35.1 Å². The summed E-state index contributed by atoms with van der Waals surface area (Å²) in [5.74, 6) is 3.40. The van der Waals surface area contributed by atoms with E-state index in [4.69, 9.17) is 29.9 Å². The number of aromatic nitrogens is 9. The second-order valence-electron chi connectivity index (χ2n) is 18.7. The van der Waals surface area contributed by atoms with E-state index in [0.717, 1.165) is 105 Å². The largest absolute Gasteiger partial charge is 0.309 e. The van der Waals surface area contributed by atoms with Gasteiger partial charge in [-0.05, 0) is 72.8 Å². The van der Waals surface area contributed by atoms with Gasteiger partial charge >= 0.3 is 0 Å². The first kappa shape index (κ1) is 42.3. The number of rotatable bonds is 8. The van der Waals surface area contributed by atoms with Crippen molar-refractivity contribution in [1.82, 2.24) is 43.6 Å². The molecular weight excluding hydrogens is 919 g/mol. The zero-order valence-corrected chi connectivity index (χ0v) is 40.2. The molecule has 0 bridgehead atoms. The molecule has 15 rings (SSSR count). The summed E-state index contributed by atoms with van der Waals surface area (Å²) in [7, 11) is 0. The molecule has 0 spiro atoms. The van der Waals surface area contributed by atoms with Crippen LogP contribution in [0.2, 0.25) is 0 Å². The summed E-state index contributed by atoms with van der Waals surface area (Å²) in [6.07, 6.45) is 0. The molecule has 10 aromatic carbocycles. The quantitative estimate of drug-likeness (QED) is 0.151. The summed E-state index contributed by atoms with van der Waals surface area (Å²) in [4.78, 5) is 31.7. The minimum atomic E-state index is 0.505. The van der Waals surface area contributed by atoms with Gasteiger partial charge in [0, 0.05) is 71.5 Å². The van der Waals surface area contributed by atoms with Gasteiger partial charge < -0.3 is 9.13 Å². The summed E-state index contributed by atoms with van der Waals surface area (Å²) in [6, 6.07) is 86.3. The fourth-order valence-electron chi connectivity index (χ4n) is 11.0. The Morgan fingerprint density at radius 1 is 0.213 bits per heavy atom. The van der Waals surface area contributed by atoms with Gasteiger partial charge in [0.2, 0.25) is 5.95 Å². The van der Waals surface area contributed by atoms with Crippen LogP contribution in [-0.2, 0) is 0 Å². The fourth-order valence-corrected chi connectivity index (χ4v) is 11.0. The predicted molar refractivity (Wildman–Crippen MR) is 303 cm³/mol. The maximum atomic E-state index is 5.36. The molecule has 0 saturated heterocycles. The van der Waals surface area contributed by atoms with E-state index < -0.39 is 0 Å². The SMILES string of the molecule is c1ccc(-c2nc(-c3ccc4c(c3)c3ccccc3n4-c3ccccc3)nc(-c3ccc4c(c3)c3ccc5c6ccccc6n(-c6ccccc6)c5c3n4-c3nc(-c4ccccc4)nc(-c4ccccc4)n3)n2)cc1. The zero-order chi connectivity index (χ0) is 49.4. The Morgan fingerprint density at radius 3 is 1.05 bits per heavy atom. The highest BCUT2D eigenvalue weighted by Crippen LogP contribution is 2.43. The van der Waals surface area contributed by atoms with Crippen molar-refractivity contribution in [2.24, 2.45) is 0 Å². The van der Waals surface area contributed by atoms with Gasteiger partial charge in [-0.25, -0.2) is 19.9 Å². The first-order valence-electron chi connectivity index (χ1n) is 25.0. The Balaban J connectivity index is 1.00.